The van der Waals surface area contributed by atoms with Gasteiger partial charge in [0.05, 0.1) is 25.4 Å². The molecule has 6 nitrogen and oxygen atoms in total. The first-order valence-electron chi connectivity index (χ1n) is 33.8. The molecule has 0 spiro atoms. The number of carbonyl (C=O) groups excluding carboxylic acids is 2. The number of allylic oxidation sites excluding steroid dienone is 5. The maximum Gasteiger partial charge on any atom is 0.305 e. The van der Waals surface area contributed by atoms with E-state index in [2.05, 4.69) is 43.5 Å². The van der Waals surface area contributed by atoms with Gasteiger partial charge >= 0.3 is 5.97 Å². The van der Waals surface area contributed by atoms with E-state index in [0.717, 1.165) is 57.8 Å². The Bertz CT molecular complexity index is 1210. The van der Waals surface area contributed by atoms with Crippen molar-refractivity contribution in [3.8, 4) is 0 Å². The number of ether oxygens (including phenoxy) is 1. The molecule has 0 aromatic carbocycles. The molecule has 0 radical (unpaired) electrons. The maximum atomic E-state index is 12.5. The van der Waals surface area contributed by atoms with E-state index >= 15 is 0 Å². The molecule has 6 heteroatoms. The molecule has 0 saturated carbocycles. The Labute approximate surface area is 468 Å². The number of unbranched alkanes of at least 4 members (excludes halogenated alkanes) is 48. The molecule has 1 amide bonds. The molecule has 0 heterocycles. The highest BCUT2D eigenvalue weighted by Crippen LogP contribution is 2.18. The molecule has 0 aliphatic rings. The summed E-state index contributed by atoms with van der Waals surface area (Å²) < 4.78 is 5.48. The highest BCUT2D eigenvalue weighted by atomic mass is 16.5. The molecule has 0 bridgehead atoms. The van der Waals surface area contributed by atoms with Crippen molar-refractivity contribution < 1.29 is 24.5 Å². The van der Waals surface area contributed by atoms with Crippen LogP contribution in [0.1, 0.15) is 367 Å². The van der Waals surface area contributed by atoms with Gasteiger partial charge < -0.3 is 20.3 Å². The van der Waals surface area contributed by atoms with E-state index < -0.39 is 12.1 Å². The van der Waals surface area contributed by atoms with Crippen molar-refractivity contribution in [2.24, 2.45) is 0 Å². The highest BCUT2D eigenvalue weighted by molar-refractivity contribution is 5.76. The fraction of sp³-hybridized carbons (Fsp3) is 0.884. The fourth-order valence-electron chi connectivity index (χ4n) is 10.4. The van der Waals surface area contributed by atoms with E-state index in [1.807, 2.05) is 6.08 Å². The third-order valence-electron chi connectivity index (χ3n) is 15.6. The van der Waals surface area contributed by atoms with Crippen molar-refractivity contribution >= 4 is 11.9 Å². The fourth-order valence-corrected chi connectivity index (χ4v) is 10.4. The van der Waals surface area contributed by atoms with Crippen LogP contribution in [0.3, 0.4) is 0 Å². The maximum absolute atomic E-state index is 12.5. The summed E-state index contributed by atoms with van der Waals surface area (Å²) in [6, 6.07) is -0.639. The van der Waals surface area contributed by atoms with Crippen molar-refractivity contribution in [3.05, 3.63) is 36.5 Å². The number of esters is 1. The minimum Gasteiger partial charge on any atom is -0.466 e. The molecule has 442 valence electrons. The highest BCUT2D eigenvalue weighted by Gasteiger charge is 2.18. The van der Waals surface area contributed by atoms with Crippen LogP contribution in [0.15, 0.2) is 36.5 Å². The molecule has 0 rings (SSSR count). The first-order valence-corrected chi connectivity index (χ1v) is 33.8. The third-order valence-corrected chi connectivity index (χ3v) is 15.6. The summed E-state index contributed by atoms with van der Waals surface area (Å²) in [6.45, 7) is 4.90. The predicted octanol–water partition coefficient (Wildman–Crippen LogP) is 21.5. The van der Waals surface area contributed by atoms with Crippen LogP contribution in [0.2, 0.25) is 0 Å². The molecular formula is C69H131NO5. The first kappa shape index (κ1) is 73.1. The molecule has 75 heavy (non-hydrogen) atoms. The Morgan fingerprint density at radius 3 is 0.947 bits per heavy atom. The number of aliphatic hydroxyl groups is 2. The number of rotatable bonds is 63. The standard InChI is InChI=1S/C69H131NO5/c1-3-5-7-9-11-13-15-17-19-21-22-23-24-25-26-27-28-30-33-37-41-45-49-53-57-61-67(72)66(65-71)70-68(73)62-58-54-50-46-42-38-34-31-29-32-36-40-44-48-52-56-60-64-75-69(74)63-59-55-51-47-43-39-35-20-18-16-14-12-10-8-6-4-2/h20,29,32,35,57,61,66-67,71-72H,3-19,21-28,30-31,33-34,36-56,58-60,62-65H2,1-2H3,(H,70,73)/b32-29-,35-20-,61-57+. The molecule has 2 atom stereocenters. The zero-order chi connectivity index (χ0) is 54.3. The predicted molar refractivity (Wildman–Crippen MR) is 329 cm³/mol. The van der Waals surface area contributed by atoms with E-state index in [4.69, 9.17) is 4.74 Å². The van der Waals surface area contributed by atoms with Gasteiger partial charge in [0.15, 0.2) is 0 Å². The number of hydrogen-bond donors (Lipinski definition) is 3. The Morgan fingerprint density at radius 2 is 0.627 bits per heavy atom. The second kappa shape index (κ2) is 64.6. The van der Waals surface area contributed by atoms with Crippen LogP contribution in [0.5, 0.6) is 0 Å². The Kier molecular flexibility index (Phi) is 63.0. The molecule has 0 aromatic heterocycles. The molecule has 3 N–H and O–H groups in total. The number of amides is 1. The summed E-state index contributed by atoms with van der Waals surface area (Å²) in [4.78, 5) is 24.6. The molecular weight excluding hydrogens is 923 g/mol. The van der Waals surface area contributed by atoms with Gasteiger partial charge in [0.25, 0.3) is 0 Å². The largest absolute Gasteiger partial charge is 0.466 e. The van der Waals surface area contributed by atoms with Gasteiger partial charge in [-0.1, -0.05) is 307 Å². The Balaban J connectivity index is 3.48. The molecule has 0 aliphatic carbocycles. The second-order valence-electron chi connectivity index (χ2n) is 23.1. The van der Waals surface area contributed by atoms with Crippen molar-refractivity contribution in [3.63, 3.8) is 0 Å². The quantitative estimate of drug-likeness (QED) is 0.0320. The SMILES string of the molecule is CCCCCCCCC/C=C\CCCCCCCC(=O)OCCCCCCCC/C=C\CCCCCCCCCC(=O)NC(CO)C(O)/C=C/CCCCCCCCCCCCCCCCCCCCCCCCC. The van der Waals surface area contributed by atoms with Crippen molar-refractivity contribution in [2.75, 3.05) is 13.2 Å². The van der Waals surface area contributed by atoms with Gasteiger partial charge in [-0.25, -0.2) is 0 Å². The monoisotopic (exact) mass is 1050 g/mol. The lowest BCUT2D eigenvalue weighted by atomic mass is 10.0. The number of aliphatic hydroxyl groups excluding tert-OH is 2. The van der Waals surface area contributed by atoms with Crippen LogP contribution in [-0.2, 0) is 14.3 Å². The lowest BCUT2D eigenvalue weighted by molar-refractivity contribution is -0.143. The molecule has 0 saturated heterocycles. The van der Waals surface area contributed by atoms with Gasteiger partial charge in [0.1, 0.15) is 0 Å². The summed E-state index contributed by atoms with van der Waals surface area (Å²) in [5.41, 5.74) is 0. The van der Waals surface area contributed by atoms with Crippen molar-refractivity contribution in [2.45, 2.75) is 379 Å². The van der Waals surface area contributed by atoms with Gasteiger partial charge in [-0.3, -0.25) is 9.59 Å². The zero-order valence-electron chi connectivity index (χ0n) is 50.5. The van der Waals surface area contributed by atoms with E-state index in [1.165, 1.54) is 283 Å². The molecule has 2 unspecified atom stereocenters. The number of nitrogens with one attached hydrogen (secondary N) is 1. The number of carbonyl (C=O) groups is 2. The topological polar surface area (TPSA) is 95.9 Å². The van der Waals surface area contributed by atoms with Crippen molar-refractivity contribution in [1.29, 1.82) is 0 Å². The summed E-state index contributed by atoms with van der Waals surface area (Å²) in [5, 5.41) is 23.2. The van der Waals surface area contributed by atoms with Gasteiger partial charge in [-0.15, -0.1) is 0 Å². The second-order valence-corrected chi connectivity index (χ2v) is 23.1. The van der Waals surface area contributed by atoms with Gasteiger partial charge in [0, 0.05) is 12.8 Å². The van der Waals surface area contributed by atoms with Gasteiger partial charge in [-0.2, -0.15) is 0 Å². The summed E-state index contributed by atoms with van der Waals surface area (Å²) in [7, 11) is 0. The summed E-state index contributed by atoms with van der Waals surface area (Å²) in [6.07, 6.45) is 82.0. The molecule has 0 aromatic rings. The van der Waals surface area contributed by atoms with Gasteiger partial charge in [-0.05, 0) is 83.5 Å². The van der Waals surface area contributed by atoms with E-state index in [-0.39, 0.29) is 18.5 Å². The minimum absolute atomic E-state index is 0.00950. The van der Waals surface area contributed by atoms with E-state index in [1.54, 1.807) is 6.08 Å². The average Bonchev–Trinajstić information content (AvgIpc) is 3.41. The van der Waals surface area contributed by atoms with Crippen LogP contribution in [0.25, 0.3) is 0 Å². The van der Waals surface area contributed by atoms with Gasteiger partial charge in [0.2, 0.25) is 5.91 Å². The average molecular weight is 1050 g/mol. The van der Waals surface area contributed by atoms with Crippen LogP contribution >= 0.6 is 0 Å². The Hall–Kier alpha value is -1.92. The smallest absolute Gasteiger partial charge is 0.305 e. The van der Waals surface area contributed by atoms with Crippen LogP contribution < -0.4 is 5.32 Å². The zero-order valence-corrected chi connectivity index (χ0v) is 50.5. The summed E-state index contributed by atoms with van der Waals surface area (Å²) >= 11 is 0. The number of hydrogen-bond acceptors (Lipinski definition) is 5. The normalized spacial score (nSPS) is 12.7. The van der Waals surface area contributed by atoms with E-state index in [0.29, 0.717) is 19.4 Å². The van der Waals surface area contributed by atoms with E-state index in [9.17, 15) is 19.8 Å². The van der Waals surface area contributed by atoms with Crippen LogP contribution in [0.4, 0.5) is 0 Å². The third kappa shape index (κ3) is 61.2. The Morgan fingerprint density at radius 1 is 0.360 bits per heavy atom. The molecule has 0 aliphatic heterocycles. The van der Waals surface area contributed by atoms with Crippen LogP contribution in [-0.4, -0.2) is 47.4 Å². The van der Waals surface area contributed by atoms with Crippen LogP contribution in [0, 0.1) is 0 Å². The first-order chi connectivity index (χ1) is 37.0. The minimum atomic E-state index is -0.855. The lowest BCUT2D eigenvalue weighted by Gasteiger charge is -2.20. The molecule has 0 fully saturated rings. The van der Waals surface area contributed by atoms with Crippen molar-refractivity contribution in [1.82, 2.24) is 5.32 Å². The summed E-state index contributed by atoms with van der Waals surface area (Å²) in [5.74, 6) is -0.0863. The lowest BCUT2D eigenvalue weighted by Crippen LogP contribution is -2.45.